The Bertz CT molecular complexity index is 971. The van der Waals surface area contributed by atoms with Crippen molar-refractivity contribution in [3.63, 3.8) is 0 Å². The first-order valence-corrected chi connectivity index (χ1v) is 9.09. The fourth-order valence-electron chi connectivity index (χ4n) is 2.58. The number of anilines is 2. The fourth-order valence-corrected chi connectivity index (χ4v) is 3.23. The van der Waals surface area contributed by atoms with Crippen molar-refractivity contribution >= 4 is 69.8 Å². The molecule has 2 aromatic carbocycles. The van der Waals surface area contributed by atoms with Crippen molar-refractivity contribution in [3.8, 4) is 0 Å². The third-order valence-electron chi connectivity index (χ3n) is 3.99. The monoisotopic (exact) mass is 419 g/mol. The smallest absolute Gasteiger partial charge is 0.270 e. The standard InChI is InChI=1S/C19H15Cl2N3O2S/c1-23(2)12-8-6-11(7-9-12)10-13-17(25)22-19(27)24(18(13)26)15-5-3-4-14(20)16(15)21/h3-10H,1-2H3,(H,22,25,27). The molecule has 0 unspecified atom stereocenters. The number of thiocarbonyl (C=S) groups is 1. The maximum atomic E-state index is 13.0. The Kier molecular flexibility index (Phi) is 5.51. The fraction of sp³-hybridized carbons (Fsp3) is 0.105. The molecule has 3 rings (SSSR count). The highest BCUT2D eigenvalue weighted by atomic mass is 35.5. The molecular formula is C19H15Cl2N3O2S. The normalized spacial score (nSPS) is 15.9. The highest BCUT2D eigenvalue weighted by Gasteiger charge is 2.35. The number of benzene rings is 2. The minimum atomic E-state index is -0.565. The molecule has 2 aromatic rings. The molecule has 2 amide bonds. The summed E-state index contributed by atoms with van der Waals surface area (Å²) in [6, 6.07) is 12.3. The molecule has 1 saturated heterocycles. The molecule has 0 radical (unpaired) electrons. The maximum Gasteiger partial charge on any atom is 0.270 e. The van der Waals surface area contributed by atoms with Gasteiger partial charge in [-0.1, -0.05) is 41.4 Å². The highest BCUT2D eigenvalue weighted by Crippen LogP contribution is 2.34. The van der Waals surface area contributed by atoms with E-state index in [-0.39, 0.29) is 20.7 Å². The number of amides is 2. The number of hydrogen-bond donors (Lipinski definition) is 1. The Morgan fingerprint density at radius 2 is 1.74 bits per heavy atom. The average molecular weight is 420 g/mol. The zero-order valence-electron chi connectivity index (χ0n) is 14.5. The van der Waals surface area contributed by atoms with Crippen molar-refractivity contribution in [1.29, 1.82) is 0 Å². The summed E-state index contributed by atoms with van der Waals surface area (Å²) < 4.78 is 0. The van der Waals surface area contributed by atoms with Crippen LogP contribution in [0.1, 0.15) is 5.56 Å². The minimum Gasteiger partial charge on any atom is -0.378 e. The SMILES string of the molecule is CN(C)c1ccc(C=C2C(=O)NC(=S)N(c3cccc(Cl)c3Cl)C2=O)cc1. The quantitative estimate of drug-likeness (QED) is 0.465. The number of hydrogen-bond acceptors (Lipinski definition) is 4. The van der Waals surface area contributed by atoms with E-state index in [0.717, 1.165) is 5.69 Å². The summed E-state index contributed by atoms with van der Waals surface area (Å²) in [5.41, 5.74) is 1.99. The number of rotatable bonds is 3. The summed E-state index contributed by atoms with van der Waals surface area (Å²) in [6.07, 6.45) is 1.52. The third kappa shape index (κ3) is 3.83. The van der Waals surface area contributed by atoms with Crippen LogP contribution in [0.15, 0.2) is 48.0 Å². The van der Waals surface area contributed by atoms with Crippen molar-refractivity contribution in [1.82, 2.24) is 5.32 Å². The van der Waals surface area contributed by atoms with Crippen LogP contribution in [0.2, 0.25) is 10.0 Å². The summed E-state index contributed by atoms with van der Waals surface area (Å²) in [4.78, 5) is 28.5. The zero-order chi connectivity index (χ0) is 19.7. The first-order chi connectivity index (χ1) is 12.8. The van der Waals surface area contributed by atoms with Gasteiger partial charge in [-0.25, -0.2) is 0 Å². The largest absolute Gasteiger partial charge is 0.378 e. The van der Waals surface area contributed by atoms with Gasteiger partial charge in [0.2, 0.25) is 0 Å². The summed E-state index contributed by atoms with van der Waals surface area (Å²) in [5.74, 6) is -1.12. The Hall–Kier alpha value is -2.41. The van der Waals surface area contributed by atoms with E-state index in [4.69, 9.17) is 35.4 Å². The average Bonchev–Trinajstić information content (AvgIpc) is 2.62. The Morgan fingerprint density at radius 3 is 2.37 bits per heavy atom. The van der Waals surface area contributed by atoms with E-state index >= 15 is 0 Å². The summed E-state index contributed by atoms with van der Waals surface area (Å²) in [6.45, 7) is 0. The molecule has 1 heterocycles. The van der Waals surface area contributed by atoms with Crippen molar-refractivity contribution < 1.29 is 9.59 Å². The number of nitrogens with zero attached hydrogens (tertiary/aromatic N) is 2. The van der Waals surface area contributed by atoms with Crippen molar-refractivity contribution in [2.45, 2.75) is 0 Å². The van der Waals surface area contributed by atoms with Crippen LogP contribution >= 0.6 is 35.4 Å². The van der Waals surface area contributed by atoms with E-state index in [0.29, 0.717) is 11.3 Å². The second kappa shape index (κ2) is 7.68. The molecule has 1 N–H and O–H groups in total. The molecule has 8 heteroatoms. The van der Waals surface area contributed by atoms with Gasteiger partial charge < -0.3 is 4.90 Å². The molecule has 0 atom stereocenters. The molecule has 0 aromatic heterocycles. The third-order valence-corrected chi connectivity index (χ3v) is 5.09. The van der Waals surface area contributed by atoms with Gasteiger partial charge in [-0.3, -0.25) is 19.8 Å². The molecular weight excluding hydrogens is 405 g/mol. The molecule has 0 aliphatic carbocycles. The molecule has 0 spiro atoms. The van der Waals surface area contributed by atoms with E-state index in [1.165, 1.54) is 11.0 Å². The minimum absolute atomic E-state index is 0.0442. The molecule has 138 valence electrons. The maximum absolute atomic E-state index is 13.0. The van der Waals surface area contributed by atoms with E-state index in [1.54, 1.807) is 18.2 Å². The Morgan fingerprint density at radius 1 is 1.07 bits per heavy atom. The van der Waals surface area contributed by atoms with E-state index < -0.39 is 11.8 Å². The Labute approximate surface area is 172 Å². The molecule has 27 heavy (non-hydrogen) atoms. The van der Waals surface area contributed by atoms with Crippen LogP contribution in [0, 0.1) is 0 Å². The lowest BCUT2D eigenvalue weighted by atomic mass is 10.1. The predicted octanol–water partition coefficient (Wildman–Crippen LogP) is 3.89. The molecule has 1 fully saturated rings. The van der Waals surface area contributed by atoms with Crippen LogP contribution in [0.3, 0.4) is 0 Å². The van der Waals surface area contributed by atoms with Crippen LogP contribution in [-0.2, 0) is 9.59 Å². The van der Waals surface area contributed by atoms with Gasteiger partial charge in [0.25, 0.3) is 11.8 Å². The van der Waals surface area contributed by atoms with Gasteiger partial charge in [-0.05, 0) is 48.1 Å². The van der Waals surface area contributed by atoms with Gasteiger partial charge in [0.1, 0.15) is 5.57 Å². The lowest BCUT2D eigenvalue weighted by Crippen LogP contribution is -2.54. The van der Waals surface area contributed by atoms with Gasteiger partial charge in [-0.15, -0.1) is 0 Å². The second-order valence-electron chi connectivity index (χ2n) is 6.02. The van der Waals surface area contributed by atoms with Crippen molar-refractivity contribution in [2.24, 2.45) is 0 Å². The summed E-state index contributed by atoms with van der Waals surface area (Å²) in [5, 5.41) is 2.94. The van der Waals surface area contributed by atoms with Crippen LogP contribution in [0.5, 0.6) is 0 Å². The first kappa shape index (κ1) is 19.4. The molecule has 0 bridgehead atoms. The van der Waals surface area contributed by atoms with Crippen LogP contribution in [0.4, 0.5) is 11.4 Å². The molecule has 1 aliphatic heterocycles. The van der Waals surface area contributed by atoms with E-state index in [2.05, 4.69) is 5.32 Å². The number of halogens is 2. The van der Waals surface area contributed by atoms with E-state index in [1.807, 2.05) is 43.3 Å². The van der Waals surface area contributed by atoms with Crippen molar-refractivity contribution in [2.75, 3.05) is 23.9 Å². The van der Waals surface area contributed by atoms with Gasteiger partial charge in [0.15, 0.2) is 5.11 Å². The van der Waals surface area contributed by atoms with Crippen LogP contribution in [0.25, 0.3) is 6.08 Å². The lowest BCUT2D eigenvalue weighted by molar-refractivity contribution is -0.122. The first-order valence-electron chi connectivity index (χ1n) is 7.92. The topological polar surface area (TPSA) is 52.7 Å². The lowest BCUT2D eigenvalue weighted by Gasteiger charge is -2.29. The predicted molar refractivity (Wildman–Crippen MR) is 113 cm³/mol. The number of nitrogens with one attached hydrogen (secondary N) is 1. The van der Waals surface area contributed by atoms with Gasteiger partial charge in [-0.2, -0.15) is 0 Å². The van der Waals surface area contributed by atoms with Crippen LogP contribution in [-0.4, -0.2) is 31.0 Å². The van der Waals surface area contributed by atoms with Gasteiger partial charge >= 0.3 is 0 Å². The van der Waals surface area contributed by atoms with Crippen LogP contribution < -0.4 is 15.1 Å². The summed E-state index contributed by atoms with van der Waals surface area (Å²) in [7, 11) is 3.86. The Balaban J connectivity index is 2.01. The molecule has 0 saturated carbocycles. The molecule has 1 aliphatic rings. The molecule has 5 nitrogen and oxygen atoms in total. The van der Waals surface area contributed by atoms with Gasteiger partial charge in [0, 0.05) is 19.8 Å². The summed E-state index contributed by atoms with van der Waals surface area (Å²) >= 11 is 17.4. The zero-order valence-corrected chi connectivity index (χ0v) is 16.8. The highest BCUT2D eigenvalue weighted by molar-refractivity contribution is 7.80. The number of carbonyl (C=O) groups is 2. The number of carbonyl (C=O) groups excluding carboxylic acids is 2. The van der Waals surface area contributed by atoms with E-state index in [9.17, 15) is 9.59 Å². The second-order valence-corrected chi connectivity index (χ2v) is 7.19. The van der Waals surface area contributed by atoms with Gasteiger partial charge in [0.05, 0.1) is 15.7 Å². The van der Waals surface area contributed by atoms with Crippen molar-refractivity contribution in [3.05, 3.63) is 63.6 Å².